The molecule has 0 saturated carbocycles. The molecule has 2 aromatic carbocycles. The second kappa shape index (κ2) is 12.1. The molecule has 0 spiro atoms. The molecule has 2 rings (SSSR count). The van der Waals surface area contributed by atoms with Crippen molar-refractivity contribution in [1.29, 1.82) is 0 Å². The molecule has 0 aromatic heterocycles. The number of hydrogen-bond acceptors (Lipinski definition) is 4. The number of nitrogens with zero attached hydrogens (tertiary/aromatic N) is 2. The van der Waals surface area contributed by atoms with Gasteiger partial charge in [-0.15, -0.1) is 0 Å². The number of carbonyl (C=O) groups excluding carboxylic acids is 1. The lowest BCUT2D eigenvalue weighted by molar-refractivity contribution is 0.0636. The van der Waals surface area contributed by atoms with Gasteiger partial charge in [-0.25, -0.2) is 4.79 Å². The van der Waals surface area contributed by atoms with Crippen LogP contribution in [0.2, 0.25) is 0 Å². The van der Waals surface area contributed by atoms with Gasteiger partial charge in [-0.2, -0.15) is 0 Å². The average Bonchev–Trinajstić information content (AvgIpc) is 2.71. The Labute approximate surface area is 192 Å². The zero-order valence-electron chi connectivity index (χ0n) is 20.2. The van der Waals surface area contributed by atoms with E-state index in [0.717, 1.165) is 25.5 Å². The SMILES string of the molecule is CN=C(NCCc1ccc(NC(=O)OC(C)(C)C)cc1)NCc1ccccc1CN(C)C. The Bertz CT molecular complexity index is 886. The maximum Gasteiger partial charge on any atom is 0.412 e. The van der Waals surface area contributed by atoms with Crippen LogP contribution in [0.5, 0.6) is 0 Å². The van der Waals surface area contributed by atoms with Gasteiger partial charge in [0.2, 0.25) is 0 Å². The second-order valence-electron chi connectivity index (χ2n) is 8.93. The third kappa shape index (κ3) is 9.39. The summed E-state index contributed by atoms with van der Waals surface area (Å²) in [6.07, 6.45) is 0.388. The fraction of sp³-hybridized carbons (Fsp3) is 0.440. The number of carbonyl (C=O) groups is 1. The molecule has 32 heavy (non-hydrogen) atoms. The van der Waals surface area contributed by atoms with Crippen LogP contribution in [0.15, 0.2) is 53.5 Å². The van der Waals surface area contributed by atoms with Gasteiger partial charge in [-0.1, -0.05) is 36.4 Å². The molecule has 174 valence electrons. The van der Waals surface area contributed by atoms with Crippen molar-refractivity contribution in [1.82, 2.24) is 15.5 Å². The fourth-order valence-corrected chi connectivity index (χ4v) is 3.13. The van der Waals surface area contributed by atoms with Crippen molar-refractivity contribution in [3.63, 3.8) is 0 Å². The quantitative estimate of drug-likeness (QED) is 0.428. The lowest BCUT2D eigenvalue weighted by Gasteiger charge is -2.19. The van der Waals surface area contributed by atoms with E-state index in [1.165, 1.54) is 16.7 Å². The molecule has 0 radical (unpaired) electrons. The molecule has 0 aliphatic heterocycles. The van der Waals surface area contributed by atoms with E-state index in [9.17, 15) is 4.79 Å². The molecule has 0 aliphatic carbocycles. The monoisotopic (exact) mass is 439 g/mol. The lowest BCUT2D eigenvalue weighted by atomic mass is 10.1. The van der Waals surface area contributed by atoms with E-state index in [1.807, 2.05) is 45.0 Å². The van der Waals surface area contributed by atoms with Crippen LogP contribution in [0.3, 0.4) is 0 Å². The minimum Gasteiger partial charge on any atom is -0.444 e. The van der Waals surface area contributed by atoms with Crippen molar-refractivity contribution >= 4 is 17.7 Å². The zero-order valence-corrected chi connectivity index (χ0v) is 20.2. The topological polar surface area (TPSA) is 78.0 Å². The Morgan fingerprint density at radius 2 is 1.66 bits per heavy atom. The van der Waals surface area contributed by atoms with Gasteiger partial charge in [0.1, 0.15) is 5.60 Å². The van der Waals surface area contributed by atoms with Crippen molar-refractivity contribution in [3.05, 3.63) is 65.2 Å². The first-order chi connectivity index (χ1) is 15.2. The molecule has 0 atom stereocenters. The van der Waals surface area contributed by atoms with Gasteiger partial charge in [-0.05, 0) is 70.1 Å². The van der Waals surface area contributed by atoms with E-state index in [4.69, 9.17) is 4.74 Å². The number of nitrogens with one attached hydrogen (secondary N) is 3. The summed E-state index contributed by atoms with van der Waals surface area (Å²) in [5, 5.41) is 9.50. The smallest absolute Gasteiger partial charge is 0.412 e. The summed E-state index contributed by atoms with van der Waals surface area (Å²) in [6, 6.07) is 16.2. The molecular formula is C25H37N5O2. The summed E-state index contributed by atoms with van der Waals surface area (Å²) in [5.41, 5.74) is 3.93. The van der Waals surface area contributed by atoms with E-state index in [0.29, 0.717) is 12.2 Å². The number of anilines is 1. The van der Waals surface area contributed by atoms with E-state index < -0.39 is 11.7 Å². The predicted molar refractivity (Wildman–Crippen MR) is 132 cm³/mol. The summed E-state index contributed by atoms with van der Waals surface area (Å²) < 4.78 is 5.27. The van der Waals surface area contributed by atoms with Crippen molar-refractivity contribution in [2.24, 2.45) is 4.99 Å². The molecule has 0 fully saturated rings. The Hall–Kier alpha value is -3.06. The molecule has 3 N–H and O–H groups in total. The molecule has 0 heterocycles. The number of hydrogen-bond donors (Lipinski definition) is 3. The van der Waals surface area contributed by atoms with Crippen LogP contribution in [-0.2, 0) is 24.2 Å². The minimum atomic E-state index is -0.517. The predicted octanol–water partition coefficient (Wildman–Crippen LogP) is 4.00. The Balaban J connectivity index is 1.79. The highest BCUT2D eigenvalue weighted by molar-refractivity contribution is 5.84. The standard InChI is InChI=1S/C25H37N5O2/c1-25(2,3)32-24(31)29-22-13-11-19(12-14-22)15-16-27-23(26-4)28-17-20-9-7-8-10-21(20)18-30(5)6/h7-14H,15-18H2,1-6H3,(H,29,31)(H2,26,27,28). The molecule has 1 amide bonds. The summed E-state index contributed by atoms with van der Waals surface area (Å²) >= 11 is 0. The summed E-state index contributed by atoms with van der Waals surface area (Å²) in [5.74, 6) is 0.771. The summed E-state index contributed by atoms with van der Waals surface area (Å²) in [7, 11) is 5.92. The van der Waals surface area contributed by atoms with E-state index in [1.54, 1.807) is 7.05 Å². The maximum absolute atomic E-state index is 11.9. The van der Waals surface area contributed by atoms with Gasteiger partial charge in [0.25, 0.3) is 0 Å². The zero-order chi connectivity index (χ0) is 23.6. The number of amides is 1. The number of ether oxygens (including phenoxy) is 1. The third-order valence-electron chi connectivity index (χ3n) is 4.58. The highest BCUT2D eigenvalue weighted by Crippen LogP contribution is 2.13. The number of rotatable bonds is 8. The van der Waals surface area contributed by atoms with E-state index in [-0.39, 0.29) is 0 Å². The van der Waals surface area contributed by atoms with Crippen molar-refractivity contribution in [2.75, 3.05) is 33.0 Å². The highest BCUT2D eigenvalue weighted by atomic mass is 16.6. The molecule has 7 heteroatoms. The maximum atomic E-state index is 11.9. The van der Waals surface area contributed by atoms with Crippen LogP contribution in [0.25, 0.3) is 0 Å². The Morgan fingerprint density at radius 1 is 1.00 bits per heavy atom. The Kier molecular flexibility index (Phi) is 9.53. The van der Waals surface area contributed by atoms with Crippen molar-refractivity contribution < 1.29 is 9.53 Å². The van der Waals surface area contributed by atoms with E-state index in [2.05, 4.69) is 64.2 Å². The number of benzene rings is 2. The fourth-order valence-electron chi connectivity index (χ4n) is 3.13. The Morgan fingerprint density at radius 3 is 2.25 bits per heavy atom. The van der Waals surface area contributed by atoms with Crippen LogP contribution >= 0.6 is 0 Å². The minimum absolute atomic E-state index is 0.450. The molecule has 0 bridgehead atoms. The first-order valence-corrected chi connectivity index (χ1v) is 10.9. The van der Waals surface area contributed by atoms with Crippen LogP contribution in [0.1, 0.15) is 37.5 Å². The molecule has 2 aromatic rings. The van der Waals surface area contributed by atoms with Gasteiger partial charge in [0, 0.05) is 32.4 Å². The van der Waals surface area contributed by atoms with Crippen LogP contribution in [-0.4, -0.2) is 50.2 Å². The number of guanidine groups is 1. The summed E-state index contributed by atoms with van der Waals surface area (Å²) in [4.78, 5) is 18.4. The van der Waals surface area contributed by atoms with E-state index >= 15 is 0 Å². The van der Waals surface area contributed by atoms with Crippen molar-refractivity contribution in [3.8, 4) is 0 Å². The van der Waals surface area contributed by atoms with Crippen molar-refractivity contribution in [2.45, 2.75) is 45.9 Å². The third-order valence-corrected chi connectivity index (χ3v) is 4.58. The first kappa shape index (κ1) is 25.2. The lowest BCUT2D eigenvalue weighted by Crippen LogP contribution is -2.38. The van der Waals surface area contributed by atoms with Gasteiger partial charge in [0.05, 0.1) is 0 Å². The highest BCUT2D eigenvalue weighted by Gasteiger charge is 2.16. The second-order valence-corrected chi connectivity index (χ2v) is 8.93. The van der Waals surface area contributed by atoms with Gasteiger partial charge >= 0.3 is 6.09 Å². The normalized spacial score (nSPS) is 11.9. The van der Waals surface area contributed by atoms with Gasteiger partial charge in [0.15, 0.2) is 5.96 Å². The summed E-state index contributed by atoms with van der Waals surface area (Å²) in [6.45, 7) is 7.89. The molecule has 0 aliphatic rings. The molecule has 7 nitrogen and oxygen atoms in total. The van der Waals surface area contributed by atoms with Gasteiger partial charge in [-0.3, -0.25) is 10.3 Å². The van der Waals surface area contributed by atoms with Crippen LogP contribution < -0.4 is 16.0 Å². The van der Waals surface area contributed by atoms with Crippen LogP contribution in [0, 0.1) is 0 Å². The first-order valence-electron chi connectivity index (χ1n) is 10.9. The average molecular weight is 440 g/mol. The molecule has 0 saturated heterocycles. The van der Waals surface area contributed by atoms with Gasteiger partial charge < -0.3 is 20.3 Å². The molecular weight excluding hydrogens is 402 g/mol. The molecule has 0 unspecified atom stereocenters. The van der Waals surface area contributed by atoms with Crippen LogP contribution in [0.4, 0.5) is 10.5 Å². The largest absolute Gasteiger partial charge is 0.444 e. The number of aliphatic imine (C=N–C) groups is 1.